The largest absolute Gasteiger partial charge is 0.495 e. The van der Waals surface area contributed by atoms with Gasteiger partial charge in [0.05, 0.1) is 12.8 Å². The highest BCUT2D eigenvalue weighted by Crippen LogP contribution is 2.27. The molecule has 5 nitrogen and oxygen atoms in total. The first-order valence-electron chi connectivity index (χ1n) is 7.71. The van der Waals surface area contributed by atoms with Crippen molar-refractivity contribution in [2.24, 2.45) is 0 Å². The lowest BCUT2D eigenvalue weighted by Crippen LogP contribution is -2.37. The smallest absolute Gasteiger partial charge is 0.244 e. The number of ether oxygens (including phenoxy) is 1. The first-order valence-corrected chi connectivity index (χ1v) is 7.71. The van der Waals surface area contributed by atoms with E-state index in [4.69, 9.17) is 4.74 Å². The van der Waals surface area contributed by atoms with Gasteiger partial charge in [0.1, 0.15) is 12.3 Å². The molecule has 0 aromatic heterocycles. The van der Waals surface area contributed by atoms with E-state index < -0.39 is 0 Å². The summed E-state index contributed by atoms with van der Waals surface area (Å²) in [5.41, 5.74) is 3.44. The molecular formula is C19H22N2O3. The molecule has 0 atom stereocenters. The number of rotatable bonds is 5. The summed E-state index contributed by atoms with van der Waals surface area (Å²) in [6, 6.07) is 12.9. The average Bonchev–Trinajstić information content (AvgIpc) is 2.56. The molecule has 2 rings (SSSR count). The van der Waals surface area contributed by atoms with Crippen molar-refractivity contribution in [3.05, 3.63) is 53.6 Å². The molecule has 5 heteroatoms. The molecule has 0 spiro atoms. The van der Waals surface area contributed by atoms with Crippen LogP contribution in [0.15, 0.2) is 42.5 Å². The minimum Gasteiger partial charge on any atom is -0.495 e. The van der Waals surface area contributed by atoms with Gasteiger partial charge in [-0.05, 0) is 43.2 Å². The summed E-state index contributed by atoms with van der Waals surface area (Å²) in [5.74, 6) is 0.0626. The van der Waals surface area contributed by atoms with Gasteiger partial charge in [-0.25, -0.2) is 0 Å². The Bertz CT molecular complexity index is 756. The molecule has 126 valence electrons. The molecule has 0 saturated carbocycles. The number of anilines is 2. The van der Waals surface area contributed by atoms with Crippen LogP contribution in [0.25, 0.3) is 0 Å². The molecule has 0 aliphatic carbocycles. The molecule has 0 bridgehead atoms. The normalized spacial score (nSPS) is 10.2. The van der Waals surface area contributed by atoms with Crippen molar-refractivity contribution in [3.8, 4) is 5.75 Å². The van der Waals surface area contributed by atoms with E-state index in [2.05, 4.69) is 5.32 Å². The quantitative estimate of drug-likeness (QED) is 0.917. The summed E-state index contributed by atoms with van der Waals surface area (Å²) in [7, 11) is 1.54. The summed E-state index contributed by atoms with van der Waals surface area (Å²) in [4.78, 5) is 25.8. The fourth-order valence-corrected chi connectivity index (χ4v) is 2.44. The summed E-state index contributed by atoms with van der Waals surface area (Å²) in [6.45, 7) is 5.29. The third kappa shape index (κ3) is 3.93. The second-order valence-corrected chi connectivity index (χ2v) is 5.57. The number of aryl methyl sites for hydroxylation is 1. The highest BCUT2D eigenvalue weighted by Gasteiger charge is 2.19. The molecule has 2 aromatic rings. The number of nitrogens with one attached hydrogen (secondary N) is 1. The fraction of sp³-hybridized carbons (Fsp3) is 0.263. The van der Waals surface area contributed by atoms with Crippen molar-refractivity contribution < 1.29 is 14.3 Å². The molecular weight excluding hydrogens is 304 g/mol. The van der Waals surface area contributed by atoms with Crippen LogP contribution in [-0.4, -0.2) is 25.5 Å². The third-order valence-corrected chi connectivity index (χ3v) is 3.94. The maximum absolute atomic E-state index is 12.4. The Morgan fingerprint density at radius 3 is 2.46 bits per heavy atom. The number of carbonyl (C=O) groups is 2. The van der Waals surface area contributed by atoms with Crippen molar-refractivity contribution in [2.45, 2.75) is 20.8 Å². The van der Waals surface area contributed by atoms with Crippen LogP contribution in [0.1, 0.15) is 18.1 Å². The zero-order valence-electron chi connectivity index (χ0n) is 14.4. The first kappa shape index (κ1) is 17.5. The van der Waals surface area contributed by atoms with Gasteiger partial charge in [0.25, 0.3) is 0 Å². The molecule has 0 fully saturated rings. The van der Waals surface area contributed by atoms with Crippen molar-refractivity contribution in [3.63, 3.8) is 0 Å². The minimum absolute atomic E-state index is 0.0803. The lowest BCUT2D eigenvalue weighted by molar-refractivity contribution is -0.120. The lowest BCUT2D eigenvalue weighted by Gasteiger charge is -2.23. The first-order chi connectivity index (χ1) is 11.4. The number of amides is 2. The van der Waals surface area contributed by atoms with Crippen LogP contribution in [0, 0.1) is 13.8 Å². The van der Waals surface area contributed by atoms with E-state index in [1.54, 1.807) is 18.2 Å². The van der Waals surface area contributed by atoms with Gasteiger partial charge in [-0.1, -0.05) is 24.3 Å². The number of nitrogens with zero attached hydrogens (tertiary/aromatic N) is 1. The molecule has 2 aromatic carbocycles. The minimum atomic E-state index is -0.259. The van der Waals surface area contributed by atoms with Crippen LogP contribution < -0.4 is 15.0 Å². The maximum atomic E-state index is 12.4. The van der Waals surface area contributed by atoms with E-state index >= 15 is 0 Å². The molecule has 0 unspecified atom stereocenters. The van der Waals surface area contributed by atoms with Gasteiger partial charge in [-0.3, -0.25) is 14.5 Å². The highest BCUT2D eigenvalue weighted by molar-refractivity contribution is 6.02. The van der Waals surface area contributed by atoms with E-state index in [-0.39, 0.29) is 18.4 Å². The van der Waals surface area contributed by atoms with E-state index in [0.29, 0.717) is 11.4 Å². The van der Waals surface area contributed by atoms with Crippen LogP contribution in [-0.2, 0) is 9.59 Å². The number of para-hydroxylation sites is 2. The second-order valence-electron chi connectivity index (χ2n) is 5.57. The summed E-state index contributed by atoms with van der Waals surface area (Å²) in [5, 5.41) is 2.87. The SMILES string of the molecule is COc1ccccc1N(CC(=O)Nc1cccc(C)c1C)C(C)=O. The van der Waals surface area contributed by atoms with Gasteiger partial charge in [0, 0.05) is 12.6 Å². The molecule has 1 N–H and O–H groups in total. The number of hydrogen-bond donors (Lipinski definition) is 1. The predicted molar refractivity (Wildman–Crippen MR) is 95.6 cm³/mol. The maximum Gasteiger partial charge on any atom is 0.244 e. The predicted octanol–water partition coefficient (Wildman–Crippen LogP) is 3.30. The van der Waals surface area contributed by atoms with Crippen LogP contribution >= 0.6 is 0 Å². The van der Waals surface area contributed by atoms with Gasteiger partial charge in [0.2, 0.25) is 11.8 Å². The van der Waals surface area contributed by atoms with E-state index in [9.17, 15) is 9.59 Å². The average molecular weight is 326 g/mol. The highest BCUT2D eigenvalue weighted by atomic mass is 16.5. The molecule has 24 heavy (non-hydrogen) atoms. The topological polar surface area (TPSA) is 58.6 Å². The Kier molecular flexibility index (Phi) is 5.58. The van der Waals surface area contributed by atoms with Gasteiger partial charge in [0.15, 0.2) is 0 Å². The van der Waals surface area contributed by atoms with Gasteiger partial charge < -0.3 is 10.1 Å². The number of benzene rings is 2. The Morgan fingerprint density at radius 1 is 1.08 bits per heavy atom. The Morgan fingerprint density at radius 2 is 1.79 bits per heavy atom. The zero-order chi connectivity index (χ0) is 17.7. The lowest BCUT2D eigenvalue weighted by atomic mass is 10.1. The Labute approximate surface area is 142 Å². The van der Waals surface area contributed by atoms with Gasteiger partial charge in [-0.2, -0.15) is 0 Å². The summed E-state index contributed by atoms with van der Waals surface area (Å²) in [6.07, 6.45) is 0. The Balaban J connectivity index is 2.20. The Hall–Kier alpha value is -2.82. The monoisotopic (exact) mass is 326 g/mol. The molecule has 0 radical (unpaired) electrons. The third-order valence-electron chi connectivity index (χ3n) is 3.94. The van der Waals surface area contributed by atoms with Crippen molar-refractivity contribution >= 4 is 23.2 Å². The molecule has 2 amide bonds. The van der Waals surface area contributed by atoms with Crippen LogP contribution in [0.4, 0.5) is 11.4 Å². The van der Waals surface area contributed by atoms with Crippen molar-refractivity contribution in [2.75, 3.05) is 23.9 Å². The van der Waals surface area contributed by atoms with E-state index in [0.717, 1.165) is 16.8 Å². The van der Waals surface area contributed by atoms with Crippen LogP contribution in [0.5, 0.6) is 5.75 Å². The van der Waals surface area contributed by atoms with Crippen LogP contribution in [0.2, 0.25) is 0 Å². The number of methoxy groups -OCH3 is 1. The fourth-order valence-electron chi connectivity index (χ4n) is 2.44. The number of hydrogen-bond acceptors (Lipinski definition) is 3. The van der Waals surface area contributed by atoms with Crippen molar-refractivity contribution in [1.29, 1.82) is 0 Å². The summed E-state index contributed by atoms with van der Waals surface area (Å²) >= 11 is 0. The van der Waals surface area contributed by atoms with Crippen molar-refractivity contribution in [1.82, 2.24) is 0 Å². The number of carbonyl (C=O) groups excluding carboxylic acids is 2. The van der Waals surface area contributed by atoms with E-state index in [1.165, 1.54) is 18.9 Å². The molecule has 0 aliphatic rings. The molecule has 0 saturated heterocycles. The summed E-state index contributed by atoms with van der Waals surface area (Å²) < 4.78 is 5.29. The van der Waals surface area contributed by atoms with Gasteiger partial charge in [-0.15, -0.1) is 0 Å². The molecule has 0 heterocycles. The standard InChI is InChI=1S/C19H22N2O3/c1-13-8-7-9-16(14(13)2)20-19(23)12-21(15(3)22)17-10-5-6-11-18(17)24-4/h5-11H,12H2,1-4H3,(H,20,23). The zero-order valence-corrected chi connectivity index (χ0v) is 14.4. The second kappa shape index (κ2) is 7.64. The van der Waals surface area contributed by atoms with E-state index in [1.807, 2.05) is 38.1 Å². The molecule has 0 aliphatic heterocycles. The van der Waals surface area contributed by atoms with Gasteiger partial charge >= 0.3 is 0 Å². The van der Waals surface area contributed by atoms with Crippen LogP contribution in [0.3, 0.4) is 0 Å².